The second-order valence-corrected chi connectivity index (χ2v) is 8.96. The molecule has 182 valence electrons. The minimum Gasteiger partial charge on any atom is -0.379 e. The largest absolute Gasteiger partial charge is 0.379 e. The van der Waals surface area contributed by atoms with Gasteiger partial charge in [-0.25, -0.2) is 9.98 Å². The highest BCUT2D eigenvalue weighted by molar-refractivity contribution is 14.0. The van der Waals surface area contributed by atoms with Crippen LogP contribution in [-0.2, 0) is 11.3 Å². The van der Waals surface area contributed by atoms with Crippen molar-refractivity contribution in [1.82, 2.24) is 20.5 Å². The molecule has 3 heterocycles. The first-order valence-corrected chi connectivity index (χ1v) is 12.2. The Morgan fingerprint density at radius 2 is 1.78 bits per heavy atom. The molecule has 0 spiro atoms. The number of aromatic nitrogens is 1. The van der Waals surface area contributed by atoms with Gasteiger partial charge in [0.15, 0.2) is 5.96 Å². The van der Waals surface area contributed by atoms with Crippen LogP contribution in [0.1, 0.15) is 52.0 Å². The van der Waals surface area contributed by atoms with Crippen LogP contribution in [-0.4, -0.2) is 74.4 Å². The van der Waals surface area contributed by atoms with Gasteiger partial charge in [-0.05, 0) is 37.3 Å². The van der Waals surface area contributed by atoms with Gasteiger partial charge in [0.25, 0.3) is 0 Å². The van der Waals surface area contributed by atoms with Crippen molar-refractivity contribution >= 4 is 35.8 Å². The third-order valence-electron chi connectivity index (χ3n) is 6.27. The van der Waals surface area contributed by atoms with E-state index < -0.39 is 0 Å². The van der Waals surface area contributed by atoms with E-state index in [0.717, 1.165) is 69.8 Å². The fraction of sp³-hybridized carbons (Fsp3) is 0.750. The number of halogens is 1. The zero-order valence-corrected chi connectivity index (χ0v) is 22.5. The van der Waals surface area contributed by atoms with Gasteiger partial charge in [-0.1, -0.05) is 32.8 Å². The van der Waals surface area contributed by atoms with E-state index in [1.165, 1.54) is 25.7 Å². The van der Waals surface area contributed by atoms with Gasteiger partial charge in [-0.15, -0.1) is 24.0 Å². The van der Waals surface area contributed by atoms with Crippen LogP contribution in [0.2, 0.25) is 0 Å². The number of hydrogen-bond acceptors (Lipinski definition) is 5. The van der Waals surface area contributed by atoms with Crippen molar-refractivity contribution in [2.75, 3.05) is 57.4 Å². The Hall–Kier alpha value is -1.13. The zero-order chi connectivity index (χ0) is 21.9. The van der Waals surface area contributed by atoms with Gasteiger partial charge >= 0.3 is 0 Å². The molecular weight excluding hydrogens is 515 g/mol. The summed E-state index contributed by atoms with van der Waals surface area (Å²) in [6.07, 6.45) is 7.21. The van der Waals surface area contributed by atoms with Gasteiger partial charge in [0, 0.05) is 51.5 Å². The van der Waals surface area contributed by atoms with Crippen molar-refractivity contribution in [2.24, 2.45) is 10.9 Å². The summed E-state index contributed by atoms with van der Waals surface area (Å²) in [5.41, 5.74) is 1.14. The maximum Gasteiger partial charge on any atom is 0.191 e. The molecule has 0 aliphatic carbocycles. The van der Waals surface area contributed by atoms with E-state index in [-0.39, 0.29) is 24.0 Å². The molecule has 0 saturated carbocycles. The Bertz CT molecular complexity index is 655. The predicted molar refractivity (Wildman–Crippen MR) is 144 cm³/mol. The van der Waals surface area contributed by atoms with E-state index >= 15 is 0 Å². The molecule has 0 radical (unpaired) electrons. The van der Waals surface area contributed by atoms with Crippen LogP contribution in [0.25, 0.3) is 0 Å². The predicted octanol–water partition coefficient (Wildman–Crippen LogP) is 3.49. The van der Waals surface area contributed by atoms with Crippen LogP contribution >= 0.6 is 24.0 Å². The van der Waals surface area contributed by atoms with Gasteiger partial charge in [0.1, 0.15) is 5.82 Å². The van der Waals surface area contributed by atoms with Crippen LogP contribution in [0.15, 0.2) is 23.3 Å². The fourth-order valence-corrected chi connectivity index (χ4v) is 4.41. The lowest BCUT2D eigenvalue weighted by molar-refractivity contribution is 0.00752. The number of pyridine rings is 1. The number of morpholine rings is 1. The van der Waals surface area contributed by atoms with Gasteiger partial charge in [0.05, 0.1) is 19.8 Å². The monoisotopic (exact) mass is 558 g/mol. The number of anilines is 1. The first kappa shape index (κ1) is 27.1. The van der Waals surface area contributed by atoms with Crippen LogP contribution in [0.3, 0.4) is 0 Å². The molecule has 2 saturated heterocycles. The third kappa shape index (κ3) is 8.67. The summed E-state index contributed by atoms with van der Waals surface area (Å²) in [5, 5.41) is 6.95. The zero-order valence-electron chi connectivity index (χ0n) is 20.2. The molecule has 32 heavy (non-hydrogen) atoms. The highest BCUT2D eigenvalue weighted by Gasteiger charge is 2.23. The Morgan fingerprint density at radius 3 is 2.38 bits per heavy atom. The smallest absolute Gasteiger partial charge is 0.191 e. The molecule has 2 N–H and O–H groups in total. The Kier molecular flexibility index (Phi) is 12.6. The average Bonchev–Trinajstić information content (AvgIpc) is 3.08. The molecule has 7 nitrogen and oxygen atoms in total. The molecule has 8 heteroatoms. The third-order valence-corrected chi connectivity index (χ3v) is 6.27. The highest BCUT2D eigenvalue weighted by atomic mass is 127. The molecule has 3 rings (SSSR count). The number of aliphatic imine (C=N–C) groups is 1. The van der Waals surface area contributed by atoms with E-state index in [1.807, 2.05) is 6.20 Å². The van der Waals surface area contributed by atoms with E-state index in [1.54, 1.807) is 0 Å². The molecule has 0 amide bonds. The van der Waals surface area contributed by atoms with Crippen LogP contribution in [0, 0.1) is 5.92 Å². The van der Waals surface area contributed by atoms with Crippen molar-refractivity contribution in [3.05, 3.63) is 23.9 Å². The number of ether oxygens (including phenoxy) is 1. The second-order valence-electron chi connectivity index (χ2n) is 8.96. The molecule has 1 aromatic rings. The molecule has 2 fully saturated rings. The summed E-state index contributed by atoms with van der Waals surface area (Å²) < 4.78 is 5.53. The number of hydrogen-bond donors (Lipinski definition) is 2. The number of rotatable bonds is 8. The van der Waals surface area contributed by atoms with Crippen molar-refractivity contribution in [2.45, 2.75) is 59.0 Å². The number of nitrogens with zero attached hydrogens (tertiary/aromatic N) is 4. The summed E-state index contributed by atoms with van der Waals surface area (Å²) in [6, 6.07) is 4.80. The molecule has 1 unspecified atom stereocenters. The topological polar surface area (TPSA) is 65.0 Å². The summed E-state index contributed by atoms with van der Waals surface area (Å²) in [6.45, 7) is 15.0. The van der Waals surface area contributed by atoms with Gasteiger partial charge in [-0.2, -0.15) is 0 Å². The van der Waals surface area contributed by atoms with Crippen LogP contribution in [0.5, 0.6) is 0 Å². The Labute approximate surface area is 211 Å². The minimum absolute atomic E-state index is 0. The summed E-state index contributed by atoms with van der Waals surface area (Å²) in [5.74, 6) is 2.55. The molecule has 0 aromatic carbocycles. The van der Waals surface area contributed by atoms with E-state index in [2.05, 4.69) is 53.3 Å². The standard InChI is InChI=1S/C24H42N6O.HI/c1-4-25-24(28-19-22(20(2)3)29-13-15-31-16-14-29)27-18-21-9-10-23(26-17-21)30-11-7-5-6-8-12-30;/h9-10,17,20,22H,4-8,11-16,18-19H2,1-3H3,(H2,25,27,28);1H. The molecular formula is C24H43IN6O. The quantitative estimate of drug-likeness (QED) is 0.290. The lowest BCUT2D eigenvalue weighted by Crippen LogP contribution is -2.52. The SMILES string of the molecule is CCNC(=NCc1ccc(N2CCCCCC2)nc1)NCC(C(C)C)N1CCOCC1.I. The number of nitrogens with one attached hydrogen (secondary N) is 2. The molecule has 1 aromatic heterocycles. The Balaban J connectivity index is 0.00000363. The van der Waals surface area contributed by atoms with Gasteiger partial charge < -0.3 is 20.3 Å². The molecule has 2 aliphatic heterocycles. The van der Waals surface area contributed by atoms with Crippen LogP contribution in [0.4, 0.5) is 5.82 Å². The normalized spacial score (nSPS) is 19.2. The molecule has 1 atom stereocenters. The molecule has 0 bridgehead atoms. The fourth-order valence-electron chi connectivity index (χ4n) is 4.41. The Morgan fingerprint density at radius 1 is 1.06 bits per heavy atom. The minimum atomic E-state index is 0. The van der Waals surface area contributed by atoms with E-state index in [9.17, 15) is 0 Å². The van der Waals surface area contributed by atoms with Crippen molar-refractivity contribution in [1.29, 1.82) is 0 Å². The van der Waals surface area contributed by atoms with E-state index in [0.29, 0.717) is 18.5 Å². The lowest BCUT2D eigenvalue weighted by Gasteiger charge is -2.37. The van der Waals surface area contributed by atoms with E-state index in [4.69, 9.17) is 14.7 Å². The summed E-state index contributed by atoms with van der Waals surface area (Å²) >= 11 is 0. The van der Waals surface area contributed by atoms with Crippen molar-refractivity contribution in [3.8, 4) is 0 Å². The highest BCUT2D eigenvalue weighted by Crippen LogP contribution is 2.17. The van der Waals surface area contributed by atoms with Gasteiger partial charge in [-0.3, -0.25) is 4.90 Å². The first-order valence-electron chi connectivity index (χ1n) is 12.2. The summed E-state index contributed by atoms with van der Waals surface area (Å²) in [4.78, 5) is 14.5. The number of guanidine groups is 1. The van der Waals surface area contributed by atoms with Crippen LogP contribution < -0.4 is 15.5 Å². The summed E-state index contributed by atoms with van der Waals surface area (Å²) in [7, 11) is 0. The maximum absolute atomic E-state index is 5.53. The van der Waals surface area contributed by atoms with Crippen molar-refractivity contribution in [3.63, 3.8) is 0 Å². The molecule has 2 aliphatic rings. The second kappa shape index (κ2) is 14.9. The average molecular weight is 559 g/mol. The van der Waals surface area contributed by atoms with Crippen molar-refractivity contribution < 1.29 is 4.74 Å². The van der Waals surface area contributed by atoms with Gasteiger partial charge in [0.2, 0.25) is 0 Å². The maximum atomic E-state index is 5.53. The lowest BCUT2D eigenvalue weighted by atomic mass is 10.0. The first-order chi connectivity index (χ1) is 15.2.